The maximum atomic E-state index is 12.3. The summed E-state index contributed by atoms with van der Waals surface area (Å²) >= 11 is 5.88. The quantitative estimate of drug-likeness (QED) is 0.692. The van der Waals surface area contributed by atoms with E-state index in [1.165, 1.54) is 0 Å². The highest BCUT2D eigenvalue weighted by Gasteiger charge is 2.25. The first kappa shape index (κ1) is 17.3. The van der Waals surface area contributed by atoms with Gasteiger partial charge in [-0.05, 0) is 39.0 Å². The van der Waals surface area contributed by atoms with Crippen LogP contribution >= 0.6 is 11.6 Å². The number of nitrogen functional groups attached to an aromatic ring is 1. The summed E-state index contributed by atoms with van der Waals surface area (Å²) in [6, 6.07) is 4.30. The molecule has 0 saturated heterocycles. The summed E-state index contributed by atoms with van der Waals surface area (Å²) in [6.07, 6.45) is 0. The van der Waals surface area contributed by atoms with Crippen LogP contribution < -0.4 is 16.8 Å². The van der Waals surface area contributed by atoms with E-state index < -0.39 is 11.9 Å². The lowest BCUT2D eigenvalue weighted by Crippen LogP contribution is -2.49. The Labute approximate surface area is 129 Å². The Morgan fingerprint density at radius 1 is 1.33 bits per heavy atom. The Balaban J connectivity index is 2.85. The molecule has 0 aliphatic rings. The van der Waals surface area contributed by atoms with E-state index in [1.807, 2.05) is 13.8 Å². The number of nitrogens with zero attached hydrogens (tertiary/aromatic N) is 1. The molecular formula is C14H21ClN4O2. The molecule has 0 aromatic heterocycles. The predicted molar refractivity (Wildman–Crippen MR) is 85.0 cm³/mol. The number of primary amides is 1. The summed E-state index contributed by atoms with van der Waals surface area (Å²) in [5.74, 6) is -0.760. The van der Waals surface area contributed by atoms with Gasteiger partial charge in [0.05, 0.1) is 24.0 Å². The summed E-state index contributed by atoms with van der Waals surface area (Å²) in [4.78, 5) is 25.1. The first-order valence-corrected chi connectivity index (χ1v) is 7.00. The monoisotopic (exact) mass is 312 g/mol. The molecule has 1 aromatic carbocycles. The zero-order valence-electron chi connectivity index (χ0n) is 12.4. The van der Waals surface area contributed by atoms with E-state index in [0.717, 1.165) is 0 Å². The lowest BCUT2D eigenvalue weighted by molar-refractivity contribution is -0.124. The van der Waals surface area contributed by atoms with E-state index in [-0.39, 0.29) is 18.5 Å². The highest BCUT2D eigenvalue weighted by molar-refractivity contribution is 6.31. The highest BCUT2D eigenvalue weighted by atomic mass is 35.5. The number of amides is 2. The Morgan fingerprint density at radius 3 is 2.48 bits per heavy atom. The van der Waals surface area contributed by atoms with Gasteiger partial charge >= 0.3 is 0 Å². The topological polar surface area (TPSA) is 101 Å². The van der Waals surface area contributed by atoms with Crippen molar-refractivity contribution in [3.63, 3.8) is 0 Å². The average molecular weight is 313 g/mol. The highest BCUT2D eigenvalue weighted by Crippen LogP contribution is 2.23. The summed E-state index contributed by atoms with van der Waals surface area (Å²) in [5.41, 5.74) is 11.9. The number of nitrogens with two attached hydrogens (primary N) is 2. The summed E-state index contributed by atoms with van der Waals surface area (Å²) in [6.45, 7) is 5.50. The van der Waals surface area contributed by atoms with Crippen molar-refractivity contribution in [2.75, 3.05) is 17.6 Å². The van der Waals surface area contributed by atoms with E-state index in [1.54, 1.807) is 30.0 Å². The van der Waals surface area contributed by atoms with Gasteiger partial charge in [-0.1, -0.05) is 11.6 Å². The fourth-order valence-corrected chi connectivity index (χ4v) is 2.14. The molecule has 2 amide bonds. The van der Waals surface area contributed by atoms with Crippen LogP contribution in [0, 0.1) is 0 Å². The van der Waals surface area contributed by atoms with E-state index in [9.17, 15) is 9.59 Å². The van der Waals surface area contributed by atoms with Crippen molar-refractivity contribution in [1.82, 2.24) is 4.90 Å². The van der Waals surface area contributed by atoms with Gasteiger partial charge in [-0.15, -0.1) is 0 Å². The van der Waals surface area contributed by atoms with Crippen LogP contribution in [0.3, 0.4) is 0 Å². The van der Waals surface area contributed by atoms with Crippen molar-refractivity contribution < 1.29 is 9.59 Å². The second-order valence-electron chi connectivity index (χ2n) is 5.13. The molecule has 6 nitrogen and oxygen atoms in total. The number of hydrogen-bond donors (Lipinski definition) is 3. The summed E-state index contributed by atoms with van der Waals surface area (Å²) < 4.78 is 0. The van der Waals surface area contributed by atoms with Crippen molar-refractivity contribution in [3.8, 4) is 0 Å². The predicted octanol–water partition coefficient (Wildman–Crippen LogP) is 1.44. The van der Waals surface area contributed by atoms with Crippen LogP contribution in [-0.4, -0.2) is 35.3 Å². The Hall–Kier alpha value is -1.79. The molecule has 1 aromatic rings. The van der Waals surface area contributed by atoms with Crippen molar-refractivity contribution in [1.29, 1.82) is 0 Å². The first-order valence-electron chi connectivity index (χ1n) is 6.62. The molecule has 1 unspecified atom stereocenters. The molecule has 21 heavy (non-hydrogen) atoms. The Morgan fingerprint density at radius 2 is 1.95 bits per heavy atom. The van der Waals surface area contributed by atoms with Gasteiger partial charge < -0.3 is 16.8 Å². The van der Waals surface area contributed by atoms with Crippen LogP contribution in [0.4, 0.5) is 11.4 Å². The van der Waals surface area contributed by atoms with Gasteiger partial charge in [-0.25, -0.2) is 0 Å². The molecular weight excluding hydrogens is 292 g/mol. The zero-order valence-corrected chi connectivity index (χ0v) is 13.1. The molecule has 0 fully saturated rings. The maximum Gasteiger partial charge on any atom is 0.241 e. The largest absolute Gasteiger partial charge is 0.397 e. The average Bonchev–Trinajstić information content (AvgIpc) is 2.38. The van der Waals surface area contributed by atoms with Crippen LogP contribution in [-0.2, 0) is 9.59 Å². The minimum absolute atomic E-state index is 0.00467. The number of nitrogens with one attached hydrogen (secondary N) is 1. The summed E-state index contributed by atoms with van der Waals surface area (Å²) in [5, 5.41) is 3.19. The number of benzene rings is 1. The minimum atomic E-state index is -0.532. The fourth-order valence-electron chi connectivity index (χ4n) is 1.97. The van der Waals surface area contributed by atoms with Gasteiger partial charge in [0.1, 0.15) is 0 Å². The molecule has 0 heterocycles. The maximum absolute atomic E-state index is 12.3. The van der Waals surface area contributed by atoms with Crippen LogP contribution in [0.15, 0.2) is 18.2 Å². The van der Waals surface area contributed by atoms with E-state index in [4.69, 9.17) is 23.1 Å². The smallest absolute Gasteiger partial charge is 0.241 e. The van der Waals surface area contributed by atoms with Crippen molar-refractivity contribution in [3.05, 3.63) is 23.2 Å². The SMILES string of the molecule is CC(C)N(CC(N)=O)C(C)C(=O)Nc1cc(Cl)ccc1N. The molecule has 116 valence electrons. The first-order chi connectivity index (χ1) is 9.72. The second-order valence-corrected chi connectivity index (χ2v) is 5.57. The normalized spacial score (nSPS) is 12.5. The lowest BCUT2D eigenvalue weighted by Gasteiger charge is -2.30. The molecule has 7 heteroatoms. The van der Waals surface area contributed by atoms with Gasteiger partial charge in [0.2, 0.25) is 11.8 Å². The fraction of sp³-hybridized carbons (Fsp3) is 0.429. The van der Waals surface area contributed by atoms with E-state index in [0.29, 0.717) is 16.4 Å². The molecule has 5 N–H and O–H groups in total. The van der Waals surface area contributed by atoms with Gasteiger partial charge in [-0.2, -0.15) is 0 Å². The number of rotatable bonds is 6. The third-order valence-electron chi connectivity index (χ3n) is 3.15. The second kappa shape index (κ2) is 7.28. The Kier molecular flexibility index (Phi) is 5.99. The van der Waals surface area contributed by atoms with E-state index in [2.05, 4.69) is 5.32 Å². The van der Waals surface area contributed by atoms with Crippen LogP contribution in [0.5, 0.6) is 0 Å². The van der Waals surface area contributed by atoms with Crippen LogP contribution in [0.1, 0.15) is 20.8 Å². The zero-order chi connectivity index (χ0) is 16.2. The van der Waals surface area contributed by atoms with Crippen molar-refractivity contribution in [2.45, 2.75) is 32.9 Å². The molecule has 1 rings (SSSR count). The van der Waals surface area contributed by atoms with Crippen molar-refractivity contribution in [2.24, 2.45) is 5.73 Å². The number of carbonyl (C=O) groups is 2. The van der Waals surface area contributed by atoms with Gasteiger partial charge in [-0.3, -0.25) is 14.5 Å². The molecule has 0 aliphatic carbocycles. The van der Waals surface area contributed by atoms with Gasteiger partial charge in [0, 0.05) is 11.1 Å². The van der Waals surface area contributed by atoms with Crippen LogP contribution in [0.25, 0.3) is 0 Å². The summed E-state index contributed by atoms with van der Waals surface area (Å²) in [7, 11) is 0. The minimum Gasteiger partial charge on any atom is -0.397 e. The molecule has 0 bridgehead atoms. The number of halogens is 1. The standard InChI is InChI=1S/C14H21ClN4O2/c1-8(2)19(7-13(17)20)9(3)14(21)18-12-6-10(15)4-5-11(12)16/h4-6,8-9H,7,16H2,1-3H3,(H2,17,20)(H,18,21). The molecule has 0 saturated carbocycles. The Bertz CT molecular complexity index is 534. The van der Waals surface area contributed by atoms with Crippen LogP contribution in [0.2, 0.25) is 5.02 Å². The molecule has 0 aliphatic heterocycles. The number of carbonyl (C=O) groups excluding carboxylic acids is 2. The lowest BCUT2D eigenvalue weighted by atomic mass is 10.2. The third kappa shape index (κ3) is 4.91. The van der Waals surface area contributed by atoms with E-state index >= 15 is 0 Å². The van der Waals surface area contributed by atoms with Crippen molar-refractivity contribution >= 4 is 34.8 Å². The third-order valence-corrected chi connectivity index (χ3v) is 3.39. The van der Waals surface area contributed by atoms with Gasteiger partial charge in [0.15, 0.2) is 0 Å². The molecule has 0 spiro atoms. The van der Waals surface area contributed by atoms with Gasteiger partial charge in [0.25, 0.3) is 0 Å². The molecule has 1 atom stereocenters. The number of anilines is 2. The number of hydrogen-bond acceptors (Lipinski definition) is 4. The molecule has 0 radical (unpaired) electrons.